The van der Waals surface area contributed by atoms with E-state index in [-0.39, 0.29) is 11.9 Å². The molecule has 1 aliphatic carbocycles. The van der Waals surface area contributed by atoms with Crippen LogP contribution in [0.15, 0.2) is 66.0 Å². The molecule has 0 unspecified atom stereocenters. The first-order valence-electron chi connectivity index (χ1n) is 7.84. The van der Waals surface area contributed by atoms with Crippen LogP contribution >= 0.6 is 11.3 Å². The number of carbonyl (C=O) groups excluding carboxylic acids is 1. The fourth-order valence-corrected chi connectivity index (χ4v) is 4.08. The van der Waals surface area contributed by atoms with Gasteiger partial charge in [-0.1, -0.05) is 54.6 Å². The maximum atomic E-state index is 12.8. The lowest BCUT2D eigenvalue weighted by atomic mass is 10.1. The highest BCUT2D eigenvalue weighted by Gasteiger charge is 2.25. The summed E-state index contributed by atoms with van der Waals surface area (Å²) in [7, 11) is 0. The van der Waals surface area contributed by atoms with Gasteiger partial charge < -0.3 is 5.32 Å². The molecule has 1 amide bonds. The zero-order valence-corrected chi connectivity index (χ0v) is 13.5. The van der Waals surface area contributed by atoms with Crippen molar-refractivity contribution in [2.45, 2.75) is 18.9 Å². The number of fused-ring (bicyclic) bond motifs is 1. The highest BCUT2D eigenvalue weighted by atomic mass is 32.1. The normalized spacial score (nSPS) is 16.1. The van der Waals surface area contributed by atoms with Gasteiger partial charge >= 0.3 is 0 Å². The molecular weight excluding hydrogens is 302 g/mol. The zero-order chi connectivity index (χ0) is 15.6. The van der Waals surface area contributed by atoms with Crippen molar-refractivity contribution in [3.05, 3.63) is 82.0 Å². The van der Waals surface area contributed by atoms with E-state index in [9.17, 15) is 4.79 Å². The Morgan fingerprint density at radius 3 is 2.65 bits per heavy atom. The number of amides is 1. The van der Waals surface area contributed by atoms with E-state index in [2.05, 4.69) is 23.5 Å². The predicted molar refractivity (Wildman–Crippen MR) is 94.7 cm³/mol. The predicted octanol–water partition coefficient (Wildman–Crippen LogP) is 4.83. The van der Waals surface area contributed by atoms with Crippen LogP contribution in [0.5, 0.6) is 0 Å². The largest absolute Gasteiger partial charge is 0.344 e. The van der Waals surface area contributed by atoms with E-state index >= 15 is 0 Å². The van der Waals surface area contributed by atoms with Gasteiger partial charge in [-0.05, 0) is 41.0 Å². The topological polar surface area (TPSA) is 29.1 Å². The number of carbonyl (C=O) groups is 1. The van der Waals surface area contributed by atoms with Gasteiger partial charge in [0.1, 0.15) is 0 Å². The van der Waals surface area contributed by atoms with Gasteiger partial charge in [-0.25, -0.2) is 0 Å². The smallest absolute Gasteiger partial charge is 0.262 e. The molecule has 0 saturated carbocycles. The molecule has 0 radical (unpaired) electrons. The van der Waals surface area contributed by atoms with E-state index in [1.807, 2.05) is 47.8 Å². The van der Waals surface area contributed by atoms with Gasteiger partial charge in [-0.15, -0.1) is 11.3 Å². The highest BCUT2D eigenvalue weighted by Crippen LogP contribution is 2.33. The minimum Gasteiger partial charge on any atom is -0.344 e. The van der Waals surface area contributed by atoms with Crippen LogP contribution in [0.3, 0.4) is 0 Å². The molecule has 0 aliphatic heterocycles. The van der Waals surface area contributed by atoms with Crippen molar-refractivity contribution in [3.8, 4) is 11.1 Å². The molecule has 3 aromatic rings. The maximum Gasteiger partial charge on any atom is 0.262 e. The van der Waals surface area contributed by atoms with Crippen LogP contribution in [-0.4, -0.2) is 5.91 Å². The summed E-state index contributed by atoms with van der Waals surface area (Å²) in [5, 5.41) is 5.21. The molecule has 4 rings (SSSR count). The van der Waals surface area contributed by atoms with Crippen molar-refractivity contribution in [2.24, 2.45) is 0 Å². The second-order valence-electron chi connectivity index (χ2n) is 5.79. The Hall–Kier alpha value is -2.39. The molecule has 0 fully saturated rings. The van der Waals surface area contributed by atoms with Crippen LogP contribution in [0, 0.1) is 0 Å². The molecular formula is C20H17NOS. The molecule has 0 saturated heterocycles. The van der Waals surface area contributed by atoms with Gasteiger partial charge in [0.05, 0.1) is 10.9 Å². The third-order valence-electron chi connectivity index (χ3n) is 4.39. The SMILES string of the molecule is O=C(N[C@@H]1CCc2ccccc21)c1sccc1-c1ccccc1. The molecule has 2 aromatic carbocycles. The van der Waals surface area contributed by atoms with E-state index in [4.69, 9.17) is 0 Å². The quantitative estimate of drug-likeness (QED) is 0.736. The van der Waals surface area contributed by atoms with Crippen molar-refractivity contribution in [1.29, 1.82) is 0 Å². The summed E-state index contributed by atoms with van der Waals surface area (Å²) >= 11 is 1.51. The average Bonchev–Trinajstić information content (AvgIpc) is 3.23. The Morgan fingerprint density at radius 1 is 1.00 bits per heavy atom. The molecule has 1 N–H and O–H groups in total. The summed E-state index contributed by atoms with van der Waals surface area (Å²) in [6, 6.07) is 20.6. The molecule has 0 spiro atoms. The van der Waals surface area contributed by atoms with E-state index < -0.39 is 0 Å². The molecule has 23 heavy (non-hydrogen) atoms. The van der Waals surface area contributed by atoms with Crippen LogP contribution < -0.4 is 5.32 Å². The van der Waals surface area contributed by atoms with Crippen molar-refractivity contribution in [2.75, 3.05) is 0 Å². The first-order valence-corrected chi connectivity index (χ1v) is 8.72. The van der Waals surface area contributed by atoms with Crippen LogP contribution in [0.25, 0.3) is 11.1 Å². The molecule has 1 heterocycles. The molecule has 1 atom stereocenters. The molecule has 1 aliphatic rings. The standard InChI is InChI=1S/C20H17NOS/c22-20(21-18-11-10-15-8-4-5-9-16(15)18)19-17(12-13-23-19)14-6-2-1-3-7-14/h1-9,12-13,18H,10-11H2,(H,21,22)/t18-/m1/s1. The summed E-state index contributed by atoms with van der Waals surface area (Å²) in [5.41, 5.74) is 4.72. The van der Waals surface area contributed by atoms with Crippen molar-refractivity contribution < 1.29 is 4.79 Å². The van der Waals surface area contributed by atoms with Crippen LogP contribution in [0.1, 0.15) is 33.3 Å². The molecule has 114 valence electrons. The minimum atomic E-state index is 0.0283. The number of hydrogen-bond acceptors (Lipinski definition) is 2. The van der Waals surface area contributed by atoms with Crippen LogP contribution in [-0.2, 0) is 6.42 Å². The second kappa shape index (κ2) is 6.01. The van der Waals surface area contributed by atoms with Crippen molar-refractivity contribution in [3.63, 3.8) is 0 Å². The third kappa shape index (κ3) is 2.68. The Bertz CT molecular complexity index is 838. The van der Waals surface area contributed by atoms with Gasteiger partial charge in [0.25, 0.3) is 5.91 Å². The Kier molecular flexibility index (Phi) is 3.72. The van der Waals surface area contributed by atoms with Crippen LogP contribution in [0.4, 0.5) is 0 Å². The van der Waals surface area contributed by atoms with Gasteiger partial charge in [-0.2, -0.15) is 0 Å². The first-order chi connectivity index (χ1) is 11.3. The number of benzene rings is 2. The number of hydrogen-bond donors (Lipinski definition) is 1. The Balaban J connectivity index is 1.59. The average molecular weight is 319 g/mol. The minimum absolute atomic E-state index is 0.0283. The molecule has 2 nitrogen and oxygen atoms in total. The lowest BCUT2D eigenvalue weighted by Gasteiger charge is -2.14. The van der Waals surface area contributed by atoms with Gasteiger partial charge in [-0.3, -0.25) is 4.79 Å². The second-order valence-corrected chi connectivity index (χ2v) is 6.71. The maximum absolute atomic E-state index is 12.8. The lowest BCUT2D eigenvalue weighted by molar-refractivity contribution is 0.0941. The van der Waals surface area contributed by atoms with Crippen molar-refractivity contribution >= 4 is 17.2 Å². The van der Waals surface area contributed by atoms with E-state index in [1.54, 1.807) is 0 Å². The fraction of sp³-hybridized carbons (Fsp3) is 0.150. The molecule has 3 heteroatoms. The number of aryl methyl sites for hydroxylation is 1. The highest BCUT2D eigenvalue weighted by molar-refractivity contribution is 7.12. The zero-order valence-electron chi connectivity index (χ0n) is 12.7. The Labute approximate surface area is 139 Å². The summed E-state index contributed by atoms with van der Waals surface area (Å²) in [4.78, 5) is 13.6. The van der Waals surface area contributed by atoms with Gasteiger partial charge in [0.15, 0.2) is 0 Å². The number of thiophene rings is 1. The van der Waals surface area contributed by atoms with Crippen molar-refractivity contribution in [1.82, 2.24) is 5.32 Å². The molecule has 0 bridgehead atoms. The summed E-state index contributed by atoms with van der Waals surface area (Å²) < 4.78 is 0. The first kappa shape index (κ1) is 14.2. The summed E-state index contributed by atoms with van der Waals surface area (Å²) in [6.07, 6.45) is 2.02. The van der Waals surface area contributed by atoms with Gasteiger partial charge in [0.2, 0.25) is 0 Å². The third-order valence-corrected chi connectivity index (χ3v) is 5.31. The Morgan fingerprint density at radius 2 is 1.78 bits per heavy atom. The summed E-state index contributed by atoms with van der Waals surface area (Å²) in [5.74, 6) is 0.0283. The number of rotatable bonds is 3. The molecule has 1 aromatic heterocycles. The lowest BCUT2D eigenvalue weighted by Crippen LogP contribution is -2.26. The van der Waals surface area contributed by atoms with Crippen LogP contribution in [0.2, 0.25) is 0 Å². The monoisotopic (exact) mass is 319 g/mol. The van der Waals surface area contributed by atoms with Gasteiger partial charge in [0, 0.05) is 5.56 Å². The fourth-order valence-electron chi connectivity index (χ4n) is 3.26. The number of nitrogens with one attached hydrogen (secondary N) is 1. The van der Waals surface area contributed by atoms with E-state index in [0.717, 1.165) is 28.8 Å². The van der Waals surface area contributed by atoms with E-state index in [1.165, 1.54) is 22.5 Å². The summed E-state index contributed by atoms with van der Waals surface area (Å²) in [6.45, 7) is 0. The van der Waals surface area contributed by atoms with E-state index in [0.29, 0.717) is 0 Å².